The molecule has 0 aliphatic carbocycles. The summed E-state index contributed by atoms with van der Waals surface area (Å²) in [6.45, 7) is 3.50. The summed E-state index contributed by atoms with van der Waals surface area (Å²) < 4.78 is -1.70. The lowest BCUT2D eigenvalue weighted by molar-refractivity contribution is -0.124. The van der Waals surface area contributed by atoms with Crippen LogP contribution in [0.2, 0.25) is 5.02 Å². The third-order valence-corrected chi connectivity index (χ3v) is 3.30. The van der Waals surface area contributed by atoms with Crippen LogP contribution < -0.4 is 10.6 Å². The number of amides is 1. The van der Waals surface area contributed by atoms with Crippen molar-refractivity contribution in [3.8, 4) is 0 Å². The Hall–Kier alpha value is -0.350. The maximum Gasteiger partial charge on any atom is 0.228 e. The van der Waals surface area contributed by atoms with Crippen molar-refractivity contribution in [3.05, 3.63) is 29.3 Å². The van der Waals surface area contributed by atoms with Gasteiger partial charge >= 0.3 is 0 Å². The van der Waals surface area contributed by atoms with Crippen LogP contribution in [0.3, 0.4) is 0 Å². The van der Waals surface area contributed by atoms with Crippen molar-refractivity contribution in [3.63, 3.8) is 0 Å². The Morgan fingerprint density at radius 2 is 1.79 bits per heavy atom. The van der Waals surface area contributed by atoms with E-state index < -0.39 is 9.96 Å². The first-order chi connectivity index (χ1) is 8.71. The number of benzene rings is 1. The van der Waals surface area contributed by atoms with Crippen molar-refractivity contribution in [1.82, 2.24) is 5.32 Å². The number of carbonyl (C=O) groups excluding carboxylic acids is 1. The zero-order chi connectivity index (χ0) is 14.6. The Morgan fingerprint density at radius 1 is 1.21 bits per heavy atom. The highest BCUT2D eigenvalue weighted by Gasteiger charge is 2.34. The van der Waals surface area contributed by atoms with E-state index in [1.165, 1.54) is 0 Å². The first-order valence-corrected chi connectivity index (χ1v) is 7.11. The van der Waals surface area contributed by atoms with Gasteiger partial charge in [-0.2, -0.15) is 0 Å². The van der Waals surface area contributed by atoms with Gasteiger partial charge in [-0.05, 0) is 12.1 Å². The molecular formula is C12H14Cl4N2O. The largest absolute Gasteiger partial charge is 0.361 e. The monoisotopic (exact) mass is 342 g/mol. The minimum absolute atomic E-state index is 0.220. The lowest BCUT2D eigenvalue weighted by Gasteiger charge is -2.28. The van der Waals surface area contributed by atoms with Crippen molar-refractivity contribution < 1.29 is 4.79 Å². The maximum atomic E-state index is 11.7. The topological polar surface area (TPSA) is 41.1 Å². The number of carbonyl (C=O) groups is 1. The van der Waals surface area contributed by atoms with Gasteiger partial charge < -0.3 is 10.6 Å². The van der Waals surface area contributed by atoms with Crippen LogP contribution in [0.4, 0.5) is 5.69 Å². The zero-order valence-electron chi connectivity index (χ0n) is 10.4. The molecule has 0 bridgehead atoms. The van der Waals surface area contributed by atoms with Crippen molar-refractivity contribution in [2.24, 2.45) is 5.92 Å². The molecule has 0 spiro atoms. The highest BCUT2D eigenvalue weighted by atomic mass is 35.6. The van der Waals surface area contributed by atoms with E-state index in [0.717, 1.165) is 0 Å². The normalized spacial score (nSPS) is 13.2. The molecule has 2 N–H and O–H groups in total. The van der Waals surface area contributed by atoms with Crippen LogP contribution in [0.5, 0.6) is 0 Å². The standard InChI is InChI=1S/C12H14Cl4N2O/c1-7(2)10(19)18-11(12(14,15)16)17-9-6-4-3-5-8(9)13/h3-7,11,17H,1-2H3,(H,18,19)/t11-/m0/s1. The van der Waals surface area contributed by atoms with Crippen molar-refractivity contribution in [2.45, 2.75) is 23.8 Å². The first kappa shape index (κ1) is 16.7. The molecule has 1 atom stereocenters. The molecule has 1 rings (SSSR count). The van der Waals surface area contributed by atoms with Gasteiger partial charge in [0.2, 0.25) is 9.70 Å². The van der Waals surface area contributed by atoms with Crippen LogP contribution in [0, 0.1) is 5.92 Å². The maximum absolute atomic E-state index is 11.7. The molecule has 0 radical (unpaired) electrons. The quantitative estimate of drug-likeness (QED) is 0.634. The molecule has 7 heteroatoms. The van der Waals surface area contributed by atoms with Crippen LogP contribution in [0.25, 0.3) is 0 Å². The van der Waals surface area contributed by atoms with Crippen LogP contribution >= 0.6 is 46.4 Å². The molecule has 19 heavy (non-hydrogen) atoms. The summed E-state index contributed by atoms with van der Waals surface area (Å²) in [5, 5.41) is 6.01. The predicted molar refractivity (Wildman–Crippen MR) is 82.1 cm³/mol. The molecule has 1 aromatic rings. The minimum Gasteiger partial charge on any atom is -0.361 e. The fraction of sp³-hybridized carbons (Fsp3) is 0.417. The highest BCUT2D eigenvalue weighted by Crippen LogP contribution is 2.32. The van der Waals surface area contributed by atoms with Crippen LogP contribution in [-0.4, -0.2) is 15.9 Å². The molecule has 0 saturated heterocycles. The molecule has 1 amide bonds. The summed E-state index contributed by atoms with van der Waals surface area (Å²) >= 11 is 23.6. The minimum atomic E-state index is -1.70. The third-order valence-electron chi connectivity index (χ3n) is 2.31. The summed E-state index contributed by atoms with van der Waals surface area (Å²) in [4.78, 5) is 11.7. The van der Waals surface area contributed by atoms with Gasteiger partial charge in [0, 0.05) is 5.92 Å². The van der Waals surface area contributed by atoms with Gasteiger partial charge in [0.05, 0.1) is 10.7 Å². The Morgan fingerprint density at radius 3 is 2.26 bits per heavy atom. The fourth-order valence-corrected chi connectivity index (χ4v) is 1.76. The number of nitrogens with one attached hydrogen (secondary N) is 2. The Kier molecular flexibility index (Phi) is 6.06. The van der Waals surface area contributed by atoms with Gasteiger partial charge in [0.1, 0.15) is 6.17 Å². The van der Waals surface area contributed by atoms with Crippen molar-refractivity contribution in [1.29, 1.82) is 0 Å². The second-order valence-corrected chi connectivity index (χ2v) is 7.04. The molecule has 0 saturated carbocycles. The Balaban J connectivity index is 2.88. The van der Waals surface area contributed by atoms with E-state index in [9.17, 15) is 4.79 Å². The molecule has 0 fully saturated rings. The van der Waals surface area contributed by atoms with E-state index in [1.54, 1.807) is 38.1 Å². The van der Waals surface area contributed by atoms with E-state index in [0.29, 0.717) is 10.7 Å². The van der Waals surface area contributed by atoms with E-state index >= 15 is 0 Å². The molecule has 3 nitrogen and oxygen atoms in total. The molecular weight excluding hydrogens is 330 g/mol. The summed E-state index contributed by atoms with van der Waals surface area (Å²) in [6.07, 6.45) is -0.882. The van der Waals surface area contributed by atoms with Crippen molar-refractivity contribution in [2.75, 3.05) is 5.32 Å². The second kappa shape index (κ2) is 6.89. The second-order valence-electron chi connectivity index (χ2n) is 4.26. The van der Waals surface area contributed by atoms with E-state index in [4.69, 9.17) is 46.4 Å². The van der Waals surface area contributed by atoms with Crippen LogP contribution in [-0.2, 0) is 4.79 Å². The average molecular weight is 344 g/mol. The molecule has 0 aromatic heterocycles. The van der Waals surface area contributed by atoms with Gasteiger partial charge in [-0.3, -0.25) is 4.79 Å². The number of alkyl halides is 3. The number of anilines is 1. The molecule has 0 aliphatic rings. The number of halogens is 4. The van der Waals surface area contributed by atoms with Gasteiger partial charge in [0.25, 0.3) is 0 Å². The van der Waals surface area contributed by atoms with Gasteiger partial charge in [0.15, 0.2) is 0 Å². The third kappa shape index (κ3) is 5.27. The first-order valence-electron chi connectivity index (χ1n) is 5.60. The van der Waals surface area contributed by atoms with E-state index in [-0.39, 0.29) is 11.8 Å². The lowest BCUT2D eigenvalue weighted by Crippen LogP contribution is -2.50. The van der Waals surface area contributed by atoms with E-state index in [2.05, 4.69) is 10.6 Å². The summed E-state index contributed by atoms with van der Waals surface area (Å²) in [5.41, 5.74) is 0.574. The van der Waals surface area contributed by atoms with Crippen LogP contribution in [0.15, 0.2) is 24.3 Å². The highest BCUT2D eigenvalue weighted by molar-refractivity contribution is 6.68. The summed E-state index contributed by atoms with van der Waals surface area (Å²) in [5.74, 6) is -0.446. The predicted octanol–water partition coefficient (Wildman–Crippen LogP) is 4.22. The molecule has 0 unspecified atom stereocenters. The molecule has 106 valence electrons. The van der Waals surface area contributed by atoms with Gasteiger partial charge in [-0.1, -0.05) is 72.4 Å². The fourth-order valence-electron chi connectivity index (χ4n) is 1.24. The van der Waals surface area contributed by atoms with Gasteiger partial charge in [-0.25, -0.2) is 0 Å². The number of para-hydroxylation sites is 1. The average Bonchev–Trinajstić information content (AvgIpc) is 2.29. The number of hydrogen-bond acceptors (Lipinski definition) is 2. The van der Waals surface area contributed by atoms with Crippen LogP contribution in [0.1, 0.15) is 13.8 Å². The Labute approximate surface area is 132 Å². The number of hydrogen-bond donors (Lipinski definition) is 2. The molecule has 0 aliphatic heterocycles. The van der Waals surface area contributed by atoms with Crippen molar-refractivity contribution >= 4 is 58.0 Å². The van der Waals surface area contributed by atoms with Gasteiger partial charge in [-0.15, -0.1) is 0 Å². The smallest absolute Gasteiger partial charge is 0.228 e. The van der Waals surface area contributed by atoms with E-state index in [1.807, 2.05) is 0 Å². The Bertz CT molecular complexity index is 446. The number of rotatable bonds is 4. The summed E-state index contributed by atoms with van der Waals surface area (Å²) in [7, 11) is 0. The zero-order valence-corrected chi connectivity index (χ0v) is 13.4. The molecule has 0 heterocycles. The summed E-state index contributed by atoms with van der Waals surface area (Å²) in [6, 6.07) is 7.00. The lowest BCUT2D eigenvalue weighted by atomic mass is 10.2. The SMILES string of the molecule is CC(C)C(=O)N[C@H](Nc1ccccc1Cl)C(Cl)(Cl)Cl. The molecule has 1 aromatic carbocycles.